The average Bonchev–Trinajstić information content (AvgIpc) is 2.43. The van der Waals surface area contributed by atoms with Crippen molar-refractivity contribution in [2.45, 2.75) is 12.3 Å². The molecule has 0 aliphatic carbocycles. The molecule has 7 heteroatoms. The number of hydrogen-bond donors (Lipinski definition) is 0. The molecular weight excluding hydrogens is 331 g/mol. The van der Waals surface area contributed by atoms with E-state index in [0.717, 1.165) is 11.6 Å². The minimum atomic E-state index is -0.798. The molecule has 0 amide bonds. The lowest BCUT2D eigenvalue weighted by molar-refractivity contribution is -0.385. The minimum absolute atomic E-state index is 0.0906. The highest BCUT2D eigenvalue weighted by Crippen LogP contribution is 2.29. The van der Waals surface area contributed by atoms with Crippen LogP contribution in [0.5, 0.6) is 11.6 Å². The molecule has 104 valence electrons. The summed E-state index contributed by atoms with van der Waals surface area (Å²) in [7, 11) is 0. The largest absolute Gasteiger partial charge is 0.436 e. The van der Waals surface area contributed by atoms with Crippen molar-refractivity contribution in [3.63, 3.8) is 0 Å². The molecule has 0 atom stereocenters. The first-order valence-electron chi connectivity index (χ1n) is 5.64. The number of hydrogen-bond acceptors (Lipinski definition) is 4. The molecule has 0 N–H and O–H groups in total. The molecule has 0 aliphatic rings. The summed E-state index contributed by atoms with van der Waals surface area (Å²) in [4.78, 5) is 14.1. The Morgan fingerprint density at radius 3 is 2.75 bits per heavy atom. The van der Waals surface area contributed by atoms with E-state index in [1.807, 2.05) is 0 Å². The van der Waals surface area contributed by atoms with E-state index in [1.54, 1.807) is 18.3 Å². The molecule has 0 radical (unpaired) electrons. The summed E-state index contributed by atoms with van der Waals surface area (Å²) in [5.41, 5.74) is 0.999. The highest BCUT2D eigenvalue weighted by Gasteiger charge is 2.17. The molecule has 2 aromatic rings. The molecule has 0 aliphatic heterocycles. The van der Waals surface area contributed by atoms with Gasteiger partial charge in [0.1, 0.15) is 0 Å². The van der Waals surface area contributed by atoms with Crippen molar-refractivity contribution in [1.29, 1.82) is 0 Å². The molecule has 0 bridgehead atoms. The van der Waals surface area contributed by atoms with Crippen LogP contribution in [0.4, 0.5) is 10.1 Å². The summed E-state index contributed by atoms with van der Waals surface area (Å²) in [6, 6.07) is 5.52. The lowest BCUT2D eigenvalue weighted by atomic mass is 10.2. The molecule has 0 fully saturated rings. The average molecular weight is 341 g/mol. The molecule has 1 heterocycles. The number of aromatic nitrogens is 1. The van der Waals surface area contributed by atoms with E-state index in [2.05, 4.69) is 20.9 Å². The van der Waals surface area contributed by atoms with Crippen LogP contribution in [0.3, 0.4) is 0 Å². The molecule has 0 unspecified atom stereocenters. The second-order valence-corrected chi connectivity index (χ2v) is 4.63. The Morgan fingerprint density at radius 2 is 2.20 bits per heavy atom. The van der Waals surface area contributed by atoms with Crippen molar-refractivity contribution in [2.24, 2.45) is 0 Å². The van der Waals surface area contributed by atoms with Gasteiger partial charge in [-0.2, -0.15) is 0 Å². The topological polar surface area (TPSA) is 65.3 Å². The maximum Gasteiger partial charge on any atom is 0.275 e. The van der Waals surface area contributed by atoms with Gasteiger partial charge in [0, 0.05) is 23.2 Å². The molecule has 2 rings (SSSR count). The fraction of sp³-hybridized carbons (Fsp3) is 0.154. The van der Waals surface area contributed by atoms with Crippen LogP contribution < -0.4 is 4.74 Å². The van der Waals surface area contributed by atoms with E-state index in [-0.39, 0.29) is 17.3 Å². The van der Waals surface area contributed by atoms with Crippen LogP contribution in [0.25, 0.3) is 0 Å². The Labute approximate surface area is 122 Å². The van der Waals surface area contributed by atoms with Crippen molar-refractivity contribution >= 4 is 21.6 Å². The first kappa shape index (κ1) is 14.4. The normalized spacial score (nSPS) is 10.3. The predicted octanol–water partition coefficient (Wildman–Crippen LogP) is 4.12. The van der Waals surface area contributed by atoms with Crippen molar-refractivity contribution in [1.82, 2.24) is 4.98 Å². The van der Waals surface area contributed by atoms with Crippen LogP contribution in [-0.2, 0) is 5.33 Å². The van der Waals surface area contributed by atoms with Crippen LogP contribution in [0.1, 0.15) is 11.1 Å². The lowest BCUT2D eigenvalue weighted by Gasteiger charge is -2.07. The fourth-order valence-electron chi connectivity index (χ4n) is 1.58. The van der Waals surface area contributed by atoms with E-state index in [1.165, 1.54) is 13.0 Å². The Kier molecular flexibility index (Phi) is 4.29. The number of nitrogens with zero attached hydrogens (tertiary/aromatic N) is 2. The third kappa shape index (κ3) is 3.11. The van der Waals surface area contributed by atoms with Gasteiger partial charge in [0.25, 0.3) is 5.69 Å². The zero-order valence-corrected chi connectivity index (χ0v) is 12.1. The first-order chi connectivity index (χ1) is 9.51. The second-order valence-electron chi connectivity index (χ2n) is 4.07. The maximum atomic E-state index is 13.8. The molecule has 0 saturated carbocycles. The fourth-order valence-corrected chi connectivity index (χ4v) is 1.91. The van der Waals surface area contributed by atoms with E-state index >= 15 is 0 Å². The number of pyridine rings is 1. The van der Waals surface area contributed by atoms with Gasteiger partial charge in [-0.3, -0.25) is 10.1 Å². The summed E-state index contributed by atoms with van der Waals surface area (Å²) in [6.07, 6.45) is 1.60. The number of benzene rings is 1. The van der Waals surface area contributed by atoms with Crippen LogP contribution >= 0.6 is 15.9 Å². The van der Waals surface area contributed by atoms with Gasteiger partial charge >= 0.3 is 0 Å². The summed E-state index contributed by atoms with van der Waals surface area (Å²) < 4.78 is 19.1. The Bertz CT molecular complexity index is 647. The molecular formula is C13H10BrFN2O3. The Balaban J connectivity index is 2.29. The summed E-state index contributed by atoms with van der Waals surface area (Å²) >= 11 is 3.29. The van der Waals surface area contributed by atoms with Crippen LogP contribution in [0.2, 0.25) is 0 Å². The van der Waals surface area contributed by atoms with Crippen LogP contribution in [0, 0.1) is 22.9 Å². The smallest absolute Gasteiger partial charge is 0.275 e. The number of rotatable bonds is 4. The third-order valence-corrected chi connectivity index (χ3v) is 3.26. The summed E-state index contributed by atoms with van der Waals surface area (Å²) in [6.45, 7) is 1.52. The number of aryl methyl sites for hydroxylation is 1. The van der Waals surface area contributed by atoms with Gasteiger partial charge in [0.2, 0.25) is 5.88 Å². The number of nitro benzene ring substituents is 1. The van der Waals surface area contributed by atoms with Gasteiger partial charge in [-0.15, -0.1) is 0 Å². The maximum absolute atomic E-state index is 13.8. The van der Waals surface area contributed by atoms with Gasteiger partial charge in [-0.1, -0.05) is 22.0 Å². The monoisotopic (exact) mass is 340 g/mol. The van der Waals surface area contributed by atoms with Gasteiger partial charge < -0.3 is 4.74 Å². The van der Waals surface area contributed by atoms with Crippen LogP contribution in [0.15, 0.2) is 30.5 Å². The zero-order chi connectivity index (χ0) is 14.7. The van der Waals surface area contributed by atoms with E-state index < -0.39 is 10.7 Å². The Hall–Kier alpha value is -2.02. The molecule has 5 nitrogen and oxygen atoms in total. The van der Waals surface area contributed by atoms with Gasteiger partial charge in [-0.05, 0) is 18.6 Å². The highest BCUT2D eigenvalue weighted by atomic mass is 79.9. The third-order valence-electron chi connectivity index (χ3n) is 2.61. The van der Waals surface area contributed by atoms with Gasteiger partial charge in [0.15, 0.2) is 11.6 Å². The zero-order valence-electron chi connectivity index (χ0n) is 10.5. The number of alkyl halides is 1. The standard InChI is InChI=1S/C13H10BrFN2O3/c1-8-4-12(10(15)5-11(8)17(18)19)20-13-3-2-9(6-14)7-16-13/h2-5,7H,6H2,1H3. The predicted molar refractivity (Wildman–Crippen MR) is 74.7 cm³/mol. The van der Waals surface area contributed by atoms with Crippen molar-refractivity contribution < 1.29 is 14.1 Å². The number of nitro groups is 1. The van der Waals surface area contributed by atoms with Gasteiger partial charge in [0.05, 0.1) is 11.0 Å². The highest BCUT2D eigenvalue weighted by molar-refractivity contribution is 9.08. The molecule has 1 aromatic carbocycles. The second kappa shape index (κ2) is 5.96. The number of ether oxygens (including phenoxy) is 1. The lowest BCUT2D eigenvalue weighted by Crippen LogP contribution is -1.96. The summed E-state index contributed by atoms with van der Waals surface area (Å²) in [5.74, 6) is -0.664. The molecule has 20 heavy (non-hydrogen) atoms. The van der Waals surface area contributed by atoms with E-state index in [9.17, 15) is 14.5 Å². The van der Waals surface area contributed by atoms with E-state index in [0.29, 0.717) is 10.9 Å². The molecule has 0 spiro atoms. The molecule has 1 aromatic heterocycles. The van der Waals surface area contributed by atoms with Crippen molar-refractivity contribution in [3.8, 4) is 11.6 Å². The van der Waals surface area contributed by atoms with Gasteiger partial charge in [-0.25, -0.2) is 9.37 Å². The SMILES string of the molecule is Cc1cc(Oc2ccc(CBr)cn2)c(F)cc1[N+](=O)[O-]. The quantitative estimate of drug-likeness (QED) is 0.477. The van der Waals surface area contributed by atoms with E-state index in [4.69, 9.17) is 4.74 Å². The molecule has 0 saturated heterocycles. The van der Waals surface area contributed by atoms with Crippen LogP contribution in [-0.4, -0.2) is 9.91 Å². The Morgan fingerprint density at radius 1 is 1.45 bits per heavy atom. The van der Waals surface area contributed by atoms with Crippen molar-refractivity contribution in [3.05, 3.63) is 57.5 Å². The minimum Gasteiger partial charge on any atom is -0.436 e. The first-order valence-corrected chi connectivity index (χ1v) is 6.76. The van der Waals surface area contributed by atoms with Crippen molar-refractivity contribution in [2.75, 3.05) is 0 Å². The summed E-state index contributed by atoms with van der Waals surface area (Å²) in [5, 5.41) is 11.4. The number of halogens is 2.